The van der Waals surface area contributed by atoms with Gasteiger partial charge in [0, 0.05) is 21.1 Å². The first-order chi connectivity index (χ1) is 10.0. The SMILES string of the molecule is CNCc1cc(Br)ccc1Oc1ccc(Br)cc1C(C)C. The maximum absolute atomic E-state index is 6.18. The van der Waals surface area contributed by atoms with E-state index in [1.807, 2.05) is 31.3 Å². The second kappa shape index (κ2) is 7.43. The smallest absolute Gasteiger partial charge is 0.132 e. The van der Waals surface area contributed by atoms with Gasteiger partial charge in [0.1, 0.15) is 11.5 Å². The van der Waals surface area contributed by atoms with Crippen LogP contribution in [0.4, 0.5) is 0 Å². The highest BCUT2D eigenvalue weighted by molar-refractivity contribution is 9.10. The summed E-state index contributed by atoms with van der Waals surface area (Å²) in [5.74, 6) is 2.20. The van der Waals surface area contributed by atoms with Gasteiger partial charge in [-0.05, 0) is 54.9 Å². The fourth-order valence-electron chi connectivity index (χ4n) is 2.16. The van der Waals surface area contributed by atoms with Crippen LogP contribution in [0.3, 0.4) is 0 Å². The Kier molecular flexibility index (Phi) is 5.85. The Labute approximate surface area is 143 Å². The number of rotatable bonds is 5. The van der Waals surface area contributed by atoms with E-state index in [2.05, 4.69) is 63.2 Å². The first-order valence-electron chi connectivity index (χ1n) is 6.91. The van der Waals surface area contributed by atoms with E-state index in [1.54, 1.807) is 0 Å². The normalized spacial score (nSPS) is 11.0. The van der Waals surface area contributed by atoms with Crippen molar-refractivity contribution in [2.24, 2.45) is 0 Å². The van der Waals surface area contributed by atoms with E-state index < -0.39 is 0 Å². The lowest BCUT2D eigenvalue weighted by Crippen LogP contribution is -2.06. The van der Waals surface area contributed by atoms with Crippen LogP contribution in [0, 0.1) is 0 Å². The minimum atomic E-state index is 0.403. The van der Waals surface area contributed by atoms with E-state index in [9.17, 15) is 0 Å². The summed E-state index contributed by atoms with van der Waals surface area (Å²) >= 11 is 7.04. The molecule has 1 N–H and O–H groups in total. The van der Waals surface area contributed by atoms with Crippen molar-refractivity contribution in [2.75, 3.05) is 7.05 Å². The number of ether oxygens (including phenoxy) is 1. The fraction of sp³-hybridized carbons (Fsp3) is 0.294. The van der Waals surface area contributed by atoms with Crippen LogP contribution >= 0.6 is 31.9 Å². The first-order valence-corrected chi connectivity index (χ1v) is 8.50. The predicted octanol–water partition coefficient (Wildman–Crippen LogP) is 5.85. The molecular weight excluding hydrogens is 394 g/mol. The van der Waals surface area contributed by atoms with Crippen molar-refractivity contribution in [1.29, 1.82) is 0 Å². The summed E-state index contributed by atoms with van der Waals surface area (Å²) < 4.78 is 8.31. The molecule has 0 heterocycles. The lowest BCUT2D eigenvalue weighted by Gasteiger charge is -2.16. The summed E-state index contributed by atoms with van der Waals surface area (Å²) in [6.45, 7) is 5.11. The van der Waals surface area contributed by atoms with Crippen molar-refractivity contribution in [3.63, 3.8) is 0 Å². The molecular formula is C17H19Br2NO. The Morgan fingerprint density at radius 2 is 1.62 bits per heavy atom. The molecule has 0 unspecified atom stereocenters. The van der Waals surface area contributed by atoms with Crippen molar-refractivity contribution in [3.8, 4) is 11.5 Å². The van der Waals surface area contributed by atoms with Crippen LogP contribution in [0.5, 0.6) is 11.5 Å². The minimum Gasteiger partial charge on any atom is -0.457 e. The number of nitrogens with one attached hydrogen (secondary N) is 1. The molecule has 0 amide bonds. The quantitative estimate of drug-likeness (QED) is 0.665. The van der Waals surface area contributed by atoms with Crippen LogP contribution in [0.2, 0.25) is 0 Å². The van der Waals surface area contributed by atoms with Crippen LogP contribution in [0.1, 0.15) is 30.9 Å². The second-order valence-electron chi connectivity index (χ2n) is 5.22. The highest BCUT2D eigenvalue weighted by Gasteiger charge is 2.12. The number of halogens is 2. The summed E-state index contributed by atoms with van der Waals surface area (Å²) in [7, 11) is 1.93. The summed E-state index contributed by atoms with van der Waals surface area (Å²) in [5.41, 5.74) is 2.33. The molecule has 0 aliphatic carbocycles. The molecule has 0 atom stereocenters. The summed E-state index contributed by atoms with van der Waals surface area (Å²) in [5, 5.41) is 3.18. The molecule has 21 heavy (non-hydrogen) atoms. The fourth-order valence-corrected chi connectivity index (χ4v) is 2.95. The average Bonchev–Trinajstić information content (AvgIpc) is 2.43. The van der Waals surface area contributed by atoms with Gasteiger partial charge >= 0.3 is 0 Å². The highest BCUT2D eigenvalue weighted by Crippen LogP contribution is 2.34. The van der Waals surface area contributed by atoms with Crippen LogP contribution in [-0.2, 0) is 6.54 Å². The van der Waals surface area contributed by atoms with Crippen LogP contribution in [-0.4, -0.2) is 7.05 Å². The lowest BCUT2D eigenvalue weighted by molar-refractivity contribution is 0.465. The average molecular weight is 413 g/mol. The molecule has 0 saturated heterocycles. The molecule has 2 aromatic rings. The zero-order valence-corrected chi connectivity index (χ0v) is 15.6. The first kappa shape index (κ1) is 16.5. The third-order valence-electron chi connectivity index (χ3n) is 3.20. The Morgan fingerprint density at radius 3 is 2.24 bits per heavy atom. The van der Waals surface area contributed by atoms with Gasteiger partial charge in [0.2, 0.25) is 0 Å². The maximum atomic E-state index is 6.18. The molecule has 4 heteroatoms. The Hall–Kier alpha value is -0.840. The summed E-state index contributed by atoms with van der Waals surface area (Å²) in [6, 6.07) is 12.2. The highest BCUT2D eigenvalue weighted by atomic mass is 79.9. The minimum absolute atomic E-state index is 0.403. The van der Waals surface area contributed by atoms with Gasteiger partial charge in [-0.1, -0.05) is 45.7 Å². The molecule has 0 radical (unpaired) electrons. The van der Waals surface area contributed by atoms with Crippen LogP contribution in [0.15, 0.2) is 45.3 Å². The molecule has 2 aromatic carbocycles. The van der Waals surface area contributed by atoms with Crippen LogP contribution < -0.4 is 10.1 Å². The van der Waals surface area contributed by atoms with E-state index in [-0.39, 0.29) is 0 Å². The van der Waals surface area contributed by atoms with Crippen LogP contribution in [0.25, 0.3) is 0 Å². The maximum Gasteiger partial charge on any atom is 0.132 e. The van der Waals surface area contributed by atoms with Crippen molar-refractivity contribution in [3.05, 3.63) is 56.5 Å². The van der Waals surface area contributed by atoms with E-state index in [1.165, 1.54) is 5.56 Å². The van der Waals surface area contributed by atoms with Gasteiger partial charge in [-0.3, -0.25) is 0 Å². The van der Waals surface area contributed by atoms with Gasteiger partial charge in [-0.2, -0.15) is 0 Å². The molecule has 0 aromatic heterocycles. The Morgan fingerprint density at radius 1 is 1.00 bits per heavy atom. The van der Waals surface area contributed by atoms with Gasteiger partial charge in [0.25, 0.3) is 0 Å². The van der Waals surface area contributed by atoms with Gasteiger partial charge in [0.15, 0.2) is 0 Å². The lowest BCUT2D eigenvalue weighted by atomic mass is 10.0. The topological polar surface area (TPSA) is 21.3 Å². The molecule has 0 bridgehead atoms. The summed E-state index contributed by atoms with van der Waals surface area (Å²) in [4.78, 5) is 0. The molecule has 0 fully saturated rings. The number of benzene rings is 2. The Balaban J connectivity index is 2.38. The predicted molar refractivity (Wildman–Crippen MR) is 95.2 cm³/mol. The van der Waals surface area contributed by atoms with Gasteiger partial charge in [-0.25, -0.2) is 0 Å². The van der Waals surface area contributed by atoms with E-state index >= 15 is 0 Å². The van der Waals surface area contributed by atoms with Gasteiger partial charge < -0.3 is 10.1 Å². The summed E-state index contributed by atoms with van der Waals surface area (Å²) in [6.07, 6.45) is 0. The molecule has 2 rings (SSSR count). The van der Waals surface area contributed by atoms with Crippen molar-refractivity contribution in [1.82, 2.24) is 5.32 Å². The second-order valence-corrected chi connectivity index (χ2v) is 7.05. The molecule has 0 aliphatic heterocycles. The largest absolute Gasteiger partial charge is 0.457 e. The number of hydrogen-bond acceptors (Lipinski definition) is 2. The van der Waals surface area contributed by atoms with Crippen molar-refractivity contribution >= 4 is 31.9 Å². The van der Waals surface area contributed by atoms with Crippen molar-refractivity contribution < 1.29 is 4.74 Å². The molecule has 0 spiro atoms. The monoisotopic (exact) mass is 411 g/mol. The van der Waals surface area contributed by atoms with E-state index in [0.29, 0.717) is 5.92 Å². The van der Waals surface area contributed by atoms with Crippen molar-refractivity contribution in [2.45, 2.75) is 26.3 Å². The molecule has 0 aliphatic rings. The third-order valence-corrected chi connectivity index (χ3v) is 4.19. The third kappa shape index (κ3) is 4.31. The zero-order chi connectivity index (χ0) is 15.4. The molecule has 2 nitrogen and oxygen atoms in total. The zero-order valence-electron chi connectivity index (χ0n) is 12.4. The van der Waals surface area contributed by atoms with E-state index in [4.69, 9.17) is 4.74 Å². The molecule has 112 valence electrons. The van der Waals surface area contributed by atoms with E-state index in [0.717, 1.165) is 32.6 Å². The van der Waals surface area contributed by atoms with Gasteiger partial charge in [-0.15, -0.1) is 0 Å². The Bertz CT molecular complexity index is 626. The van der Waals surface area contributed by atoms with Gasteiger partial charge in [0.05, 0.1) is 0 Å². The number of hydrogen-bond donors (Lipinski definition) is 1. The standard InChI is InChI=1S/C17H19Br2NO/c1-11(2)15-9-14(19)5-7-17(15)21-16-6-4-13(18)8-12(16)10-20-3/h4-9,11,20H,10H2,1-3H3. The molecule has 0 saturated carbocycles.